The Morgan fingerprint density at radius 3 is 3.00 bits per heavy atom. The third-order valence-electron chi connectivity index (χ3n) is 2.07. The van der Waals surface area contributed by atoms with Crippen molar-refractivity contribution < 1.29 is 9.53 Å². The molecule has 0 aromatic heterocycles. The van der Waals surface area contributed by atoms with Crippen LogP contribution in [0.25, 0.3) is 0 Å². The van der Waals surface area contributed by atoms with Crippen LogP contribution < -0.4 is 10.1 Å². The van der Waals surface area contributed by atoms with Crippen LogP contribution in [0, 0.1) is 0 Å². The number of hydrogen-bond donors (Lipinski definition) is 1. The Labute approximate surface area is 101 Å². The fourth-order valence-corrected chi connectivity index (χ4v) is 1.45. The van der Waals surface area contributed by atoms with Crippen LogP contribution in [0.5, 0.6) is 5.75 Å². The first-order valence-electron chi connectivity index (χ1n) is 5.30. The molecule has 0 fully saturated rings. The maximum absolute atomic E-state index is 10.9. The molecule has 1 N–H and O–H groups in total. The number of ether oxygens (including phenoxy) is 1. The second kappa shape index (κ2) is 7.12. The van der Waals surface area contributed by atoms with Crippen LogP contribution in [0.3, 0.4) is 0 Å². The predicted molar refractivity (Wildman–Crippen MR) is 65.0 cm³/mol. The van der Waals surface area contributed by atoms with E-state index >= 15 is 0 Å². The van der Waals surface area contributed by atoms with Gasteiger partial charge in [-0.25, -0.2) is 0 Å². The van der Waals surface area contributed by atoms with Crippen LogP contribution >= 0.6 is 11.6 Å². The van der Waals surface area contributed by atoms with Gasteiger partial charge in [0.2, 0.25) is 5.91 Å². The molecule has 0 aliphatic heterocycles. The molecule has 1 aromatic carbocycles. The van der Waals surface area contributed by atoms with E-state index in [-0.39, 0.29) is 11.8 Å². The van der Waals surface area contributed by atoms with E-state index in [4.69, 9.17) is 16.3 Å². The number of hydrogen-bond acceptors (Lipinski definition) is 2. The summed E-state index contributed by atoms with van der Waals surface area (Å²) in [5, 5.41) is 2.72. The van der Waals surface area contributed by atoms with Crippen molar-refractivity contribution in [3.05, 3.63) is 29.8 Å². The molecule has 0 spiro atoms. The van der Waals surface area contributed by atoms with Gasteiger partial charge in [0, 0.05) is 6.54 Å². The molecule has 1 aromatic rings. The summed E-state index contributed by atoms with van der Waals surface area (Å²) in [6.07, 6.45) is 0.781. The predicted octanol–water partition coefficient (Wildman–Crippen LogP) is 1.98. The van der Waals surface area contributed by atoms with Crippen molar-refractivity contribution in [3.63, 3.8) is 0 Å². The van der Waals surface area contributed by atoms with E-state index in [0.29, 0.717) is 13.2 Å². The smallest absolute Gasteiger partial charge is 0.234 e. The Morgan fingerprint density at radius 2 is 2.31 bits per heavy atom. The lowest BCUT2D eigenvalue weighted by atomic mass is 10.1. The molecule has 0 atom stereocenters. The van der Waals surface area contributed by atoms with Crippen molar-refractivity contribution in [2.24, 2.45) is 0 Å². The summed E-state index contributed by atoms with van der Waals surface area (Å²) in [7, 11) is 0. The summed E-state index contributed by atoms with van der Waals surface area (Å²) < 4.78 is 5.39. The van der Waals surface area contributed by atoms with Gasteiger partial charge in [0.15, 0.2) is 0 Å². The van der Waals surface area contributed by atoms with Gasteiger partial charge in [-0.2, -0.15) is 0 Å². The van der Waals surface area contributed by atoms with E-state index in [9.17, 15) is 4.79 Å². The average Bonchev–Trinajstić information content (AvgIpc) is 2.30. The zero-order valence-electron chi connectivity index (χ0n) is 9.33. The van der Waals surface area contributed by atoms with E-state index in [1.54, 1.807) is 0 Å². The van der Waals surface area contributed by atoms with E-state index in [2.05, 4.69) is 5.32 Å². The summed E-state index contributed by atoms with van der Waals surface area (Å²) in [5.74, 6) is 0.741. The molecule has 0 saturated heterocycles. The molecule has 0 aliphatic carbocycles. The van der Waals surface area contributed by atoms with Crippen LogP contribution in [-0.4, -0.2) is 24.9 Å². The molecule has 1 amide bonds. The fraction of sp³-hybridized carbons (Fsp3) is 0.417. The van der Waals surface area contributed by atoms with Crippen LogP contribution in [-0.2, 0) is 11.2 Å². The van der Waals surface area contributed by atoms with Crippen LogP contribution in [0.2, 0.25) is 0 Å². The van der Waals surface area contributed by atoms with Gasteiger partial charge in [0.1, 0.15) is 11.6 Å². The number of nitrogens with one attached hydrogen (secondary N) is 1. The highest BCUT2D eigenvalue weighted by molar-refractivity contribution is 6.27. The second-order valence-corrected chi connectivity index (χ2v) is 3.58. The summed E-state index contributed by atoms with van der Waals surface area (Å²) >= 11 is 5.37. The summed E-state index contributed by atoms with van der Waals surface area (Å²) in [6, 6.07) is 7.86. The molecular formula is C12H16ClNO2. The standard InChI is InChI=1S/C12H16ClNO2/c1-2-16-11-5-3-4-10(8-11)6-7-14-12(15)9-13/h3-5,8H,2,6-7,9H2,1H3,(H,14,15). The zero-order chi connectivity index (χ0) is 11.8. The third kappa shape index (κ3) is 4.53. The summed E-state index contributed by atoms with van der Waals surface area (Å²) in [5.41, 5.74) is 1.14. The van der Waals surface area contributed by atoms with Crippen molar-refractivity contribution in [2.75, 3.05) is 19.0 Å². The lowest BCUT2D eigenvalue weighted by molar-refractivity contribution is -0.118. The van der Waals surface area contributed by atoms with Gasteiger partial charge in [-0.15, -0.1) is 11.6 Å². The Balaban J connectivity index is 2.41. The Bertz CT molecular complexity index is 342. The van der Waals surface area contributed by atoms with E-state index in [1.165, 1.54) is 0 Å². The first kappa shape index (κ1) is 12.8. The molecular weight excluding hydrogens is 226 g/mol. The molecule has 16 heavy (non-hydrogen) atoms. The molecule has 3 nitrogen and oxygen atoms in total. The number of halogens is 1. The van der Waals surface area contributed by atoms with Crippen molar-refractivity contribution in [1.82, 2.24) is 5.32 Å². The molecule has 0 aliphatic rings. The normalized spacial score (nSPS) is 9.88. The molecule has 88 valence electrons. The van der Waals surface area contributed by atoms with E-state index < -0.39 is 0 Å². The Hall–Kier alpha value is -1.22. The minimum atomic E-state index is -0.136. The molecule has 0 heterocycles. The Kier molecular flexibility index (Phi) is 5.72. The Morgan fingerprint density at radius 1 is 1.50 bits per heavy atom. The van der Waals surface area contributed by atoms with E-state index in [1.807, 2.05) is 31.2 Å². The first-order chi connectivity index (χ1) is 7.76. The van der Waals surface area contributed by atoms with Crippen LogP contribution in [0.15, 0.2) is 24.3 Å². The number of carbonyl (C=O) groups is 1. The number of carbonyl (C=O) groups excluding carboxylic acids is 1. The molecule has 1 rings (SSSR count). The van der Waals surface area contributed by atoms with Crippen molar-refractivity contribution in [1.29, 1.82) is 0 Å². The number of alkyl halides is 1. The van der Waals surface area contributed by atoms with Gasteiger partial charge in [-0.3, -0.25) is 4.79 Å². The third-order valence-corrected chi connectivity index (χ3v) is 2.31. The minimum Gasteiger partial charge on any atom is -0.494 e. The van der Waals surface area contributed by atoms with Crippen molar-refractivity contribution >= 4 is 17.5 Å². The topological polar surface area (TPSA) is 38.3 Å². The van der Waals surface area contributed by atoms with E-state index in [0.717, 1.165) is 17.7 Å². The maximum atomic E-state index is 10.9. The SMILES string of the molecule is CCOc1cccc(CCNC(=O)CCl)c1. The highest BCUT2D eigenvalue weighted by Gasteiger charge is 1.99. The van der Waals surface area contributed by atoms with Crippen molar-refractivity contribution in [2.45, 2.75) is 13.3 Å². The van der Waals surface area contributed by atoms with Gasteiger partial charge in [-0.1, -0.05) is 12.1 Å². The van der Waals surface area contributed by atoms with Crippen LogP contribution in [0.4, 0.5) is 0 Å². The monoisotopic (exact) mass is 241 g/mol. The summed E-state index contributed by atoms with van der Waals surface area (Å²) in [4.78, 5) is 10.9. The maximum Gasteiger partial charge on any atom is 0.234 e. The highest BCUT2D eigenvalue weighted by atomic mass is 35.5. The number of amides is 1. The molecule has 4 heteroatoms. The largest absolute Gasteiger partial charge is 0.494 e. The lowest BCUT2D eigenvalue weighted by Crippen LogP contribution is -2.26. The number of rotatable bonds is 6. The molecule has 0 unspecified atom stereocenters. The second-order valence-electron chi connectivity index (χ2n) is 3.31. The minimum absolute atomic E-state index is 0.0129. The van der Waals surface area contributed by atoms with Gasteiger partial charge in [-0.05, 0) is 31.0 Å². The molecule has 0 radical (unpaired) electrons. The van der Waals surface area contributed by atoms with Crippen molar-refractivity contribution in [3.8, 4) is 5.75 Å². The first-order valence-corrected chi connectivity index (χ1v) is 5.84. The van der Waals surface area contributed by atoms with Gasteiger partial charge < -0.3 is 10.1 Å². The molecule has 0 saturated carbocycles. The summed E-state index contributed by atoms with van der Waals surface area (Å²) in [6.45, 7) is 3.21. The number of benzene rings is 1. The average molecular weight is 242 g/mol. The fourth-order valence-electron chi connectivity index (χ4n) is 1.35. The van der Waals surface area contributed by atoms with Crippen LogP contribution in [0.1, 0.15) is 12.5 Å². The van der Waals surface area contributed by atoms with Gasteiger partial charge in [0.05, 0.1) is 6.61 Å². The lowest BCUT2D eigenvalue weighted by Gasteiger charge is -2.06. The zero-order valence-corrected chi connectivity index (χ0v) is 10.1. The van der Waals surface area contributed by atoms with Gasteiger partial charge in [0.25, 0.3) is 0 Å². The van der Waals surface area contributed by atoms with Gasteiger partial charge >= 0.3 is 0 Å². The highest BCUT2D eigenvalue weighted by Crippen LogP contribution is 2.13. The quantitative estimate of drug-likeness (QED) is 0.774. The molecule has 0 bridgehead atoms.